The van der Waals surface area contributed by atoms with Crippen LogP contribution in [0, 0.1) is 17.0 Å². The van der Waals surface area contributed by atoms with E-state index in [4.69, 9.17) is 5.84 Å². The van der Waals surface area contributed by atoms with Gasteiger partial charge in [-0.25, -0.2) is 10.8 Å². The van der Waals surface area contributed by atoms with Crippen LogP contribution in [0.3, 0.4) is 0 Å². The number of rotatable bonds is 6. The second kappa shape index (κ2) is 6.13. The summed E-state index contributed by atoms with van der Waals surface area (Å²) in [5.74, 6) is 5.52. The molecule has 10 heteroatoms. The highest BCUT2D eigenvalue weighted by atomic mass is 16.6. The lowest BCUT2D eigenvalue weighted by Gasteiger charge is -2.09. The Bertz CT molecular complexity index is 654. The monoisotopic (exact) mass is 292 g/mol. The fourth-order valence-corrected chi connectivity index (χ4v) is 1.93. The average molecular weight is 292 g/mol. The number of nitro groups is 1. The number of aromatic nitrogens is 4. The molecule has 0 spiro atoms. The molecule has 0 aromatic carbocycles. The number of anilines is 2. The van der Waals surface area contributed by atoms with Crippen molar-refractivity contribution in [1.29, 1.82) is 0 Å². The average Bonchev–Trinajstić information content (AvgIpc) is 2.83. The van der Waals surface area contributed by atoms with Gasteiger partial charge in [0.2, 0.25) is 11.8 Å². The summed E-state index contributed by atoms with van der Waals surface area (Å²) in [4.78, 5) is 18.5. The standard InChI is InChI=1S/C11H16N8O2/c1-7-9(19(20)21)10(16-11(15-7)17-12)13-5-3-8-4-6-14-18(8)2/h4,6H,3,5,12H2,1-2H3,(H2,13,15,16,17). The second-order valence-electron chi connectivity index (χ2n) is 4.35. The molecule has 112 valence electrons. The zero-order chi connectivity index (χ0) is 15.4. The van der Waals surface area contributed by atoms with Gasteiger partial charge in [0.1, 0.15) is 5.69 Å². The molecule has 0 saturated carbocycles. The van der Waals surface area contributed by atoms with Crippen molar-refractivity contribution in [2.45, 2.75) is 13.3 Å². The molecule has 2 aromatic heterocycles. The summed E-state index contributed by atoms with van der Waals surface area (Å²) in [5.41, 5.74) is 3.38. The number of hydrogen-bond donors (Lipinski definition) is 3. The predicted molar refractivity (Wildman–Crippen MR) is 76.6 cm³/mol. The van der Waals surface area contributed by atoms with E-state index in [1.54, 1.807) is 10.9 Å². The van der Waals surface area contributed by atoms with Gasteiger partial charge < -0.3 is 5.32 Å². The molecule has 2 heterocycles. The molecule has 21 heavy (non-hydrogen) atoms. The Morgan fingerprint density at radius 1 is 1.48 bits per heavy atom. The number of aryl methyl sites for hydroxylation is 2. The van der Waals surface area contributed by atoms with Gasteiger partial charge in [0.25, 0.3) is 0 Å². The van der Waals surface area contributed by atoms with Crippen LogP contribution in [0.25, 0.3) is 0 Å². The fraction of sp³-hybridized carbons (Fsp3) is 0.364. The van der Waals surface area contributed by atoms with Crippen molar-refractivity contribution in [2.24, 2.45) is 12.9 Å². The highest BCUT2D eigenvalue weighted by molar-refractivity contribution is 5.60. The lowest BCUT2D eigenvalue weighted by molar-refractivity contribution is -0.385. The number of hydrogen-bond acceptors (Lipinski definition) is 8. The molecule has 2 rings (SSSR count). The summed E-state index contributed by atoms with van der Waals surface area (Å²) in [6, 6.07) is 1.88. The van der Waals surface area contributed by atoms with Gasteiger partial charge in [-0.1, -0.05) is 0 Å². The molecule has 0 fully saturated rings. The molecule has 0 aliphatic heterocycles. The SMILES string of the molecule is Cc1nc(NN)nc(NCCc2ccnn2C)c1[N+](=O)[O-]. The maximum atomic E-state index is 11.1. The van der Waals surface area contributed by atoms with E-state index in [1.807, 2.05) is 13.1 Å². The Labute approximate surface area is 120 Å². The first-order valence-corrected chi connectivity index (χ1v) is 6.23. The van der Waals surface area contributed by atoms with Crippen molar-refractivity contribution in [1.82, 2.24) is 19.7 Å². The minimum atomic E-state index is -0.512. The number of nitrogens with two attached hydrogens (primary N) is 1. The van der Waals surface area contributed by atoms with Gasteiger partial charge >= 0.3 is 5.69 Å². The number of hydrazine groups is 1. The molecule has 0 amide bonds. The lowest BCUT2D eigenvalue weighted by atomic mass is 10.3. The van der Waals surface area contributed by atoms with E-state index in [1.165, 1.54) is 6.92 Å². The quantitative estimate of drug-likeness (QED) is 0.394. The normalized spacial score (nSPS) is 10.4. The number of nitrogens with zero attached hydrogens (tertiary/aromatic N) is 5. The molecule has 0 unspecified atom stereocenters. The predicted octanol–water partition coefficient (Wildman–Crippen LogP) is 0.367. The highest BCUT2D eigenvalue weighted by Crippen LogP contribution is 2.26. The lowest BCUT2D eigenvalue weighted by Crippen LogP contribution is -2.16. The van der Waals surface area contributed by atoms with Crippen molar-refractivity contribution in [3.63, 3.8) is 0 Å². The summed E-state index contributed by atoms with van der Waals surface area (Å²) in [6.45, 7) is 2.01. The molecule has 0 saturated heterocycles. The largest absolute Gasteiger partial charge is 0.364 e. The van der Waals surface area contributed by atoms with Crippen LogP contribution in [0.2, 0.25) is 0 Å². The minimum Gasteiger partial charge on any atom is -0.364 e. The zero-order valence-electron chi connectivity index (χ0n) is 11.7. The van der Waals surface area contributed by atoms with Crippen LogP contribution in [-0.4, -0.2) is 31.2 Å². The van der Waals surface area contributed by atoms with Gasteiger partial charge in [-0.2, -0.15) is 10.1 Å². The summed E-state index contributed by atoms with van der Waals surface area (Å²) in [6.07, 6.45) is 2.35. The molecule has 4 N–H and O–H groups in total. The first kappa shape index (κ1) is 14.7. The van der Waals surface area contributed by atoms with E-state index < -0.39 is 4.92 Å². The third kappa shape index (κ3) is 3.23. The van der Waals surface area contributed by atoms with E-state index in [9.17, 15) is 10.1 Å². The molecule has 0 aliphatic carbocycles. The highest BCUT2D eigenvalue weighted by Gasteiger charge is 2.21. The van der Waals surface area contributed by atoms with Crippen molar-refractivity contribution in [3.8, 4) is 0 Å². The smallest absolute Gasteiger partial charge is 0.332 e. The molecule has 0 bridgehead atoms. The summed E-state index contributed by atoms with van der Waals surface area (Å²) >= 11 is 0. The van der Waals surface area contributed by atoms with Crippen LogP contribution in [0.4, 0.5) is 17.5 Å². The first-order valence-electron chi connectivity index (χ1n) is 6.23. The van der Waals surface area contributed by atoms with Crippen molar-refractivity contribution in [3.05, 3.63) is 33.8 Å². The molecule has 0 atom stereocenters. The molecule has 0 radical (unpaired) electrons. The molecular formula is C11H16N8O2. The first-order chi connectivity index (χ1) is 10.0. The second-order valence-corrected chi connectivity index (χ2v) is 4.35. The minimum absolute atomic E-state index is 0.126. The maximum absolute atomic E-state index is 11.1. The Morgan fingerprint density at radius 3 is 2.81 bits per heavy atom. The van der Waals surface area contributed by atoms with E-state index in [-0.39, 0.29) is 23.1 Å². The zero-order valence-corrected chi connectivity index (χ0v) is 11.7. The van der Waals surface area contributed by atoms with Gasteiger partial charge in [-0.05, 0) is 13.0 Å². The molecular weight excluding hydrogens is 276 g/mol. The maximum Gasteiger partial charge on any atom is 0.332 e. The van der Waals surface area contributed by atoms with E-state index in [0.717, 1.165) is 5.69 Å². The van der Waals surface area contributed by atoms with Crippen molar-refractivity contribution in [2.75, 3.05) is 17.3 Å². The molecule has 0 aliphatic rings. The summed E-state index contributed by atoms with van der Waals surface area (Å²) in [7, 11) is 1.84. The van der Waals surface area contributed by atoms with Gasteiger partial charge in [0.05, 0.1) is 4.92 Å². The van der Waals surface area contributed by atoms with Crippen LogP contribution in [0.5, 0.6) is 0 Å². The van der Waals surface area contributed by atoms with E-state index in [0.29, 0.717) is 13.0 Å². The van der Waals surface area contributed by atoms with E-state index >= 15 is 0 Å². The van der Waals surface area contributed by atoms with E-state index in [2.05, 4.69) is 25.8 Å². The summed E-state index contributed by atoms with van der Waals surface area (Å²) < 4.78 is 1.74. The van der Waals surface area contributed by atoms with Crippen LogP contribution < -0.4 is 16.6 Å². The molecule has 2 aromatic rings. The Balaban J connectivity index is 2.16. The third-order valence-electron chi connectivity index (χ3n) is 2.97. The van der Waals surface area contributed by atoms with Crippen LogP contribution in [0.1, 0.15) is 11.4 Å². The van der Waals surface area contributed by atoms with Crippen LogP contribution >= 0.6 is 0 Å². The Hall–Kier alpha value is -2.75. The van der Waals surface area contributed by atoms with Crippen molar-refractivity contribution < 1.29 is 4.92 Å². The number of nitrogen functional groups attached to an aromatic ring is 1. The fourth-order valence-electron chi connectivity index (χ4n) is 1.93. The van der Waals surface area contributed by atoms with Crippen molar-refractivity contribution >= 4 is 17.5 Å². The van der Waals surface area contributed by atoms with Crippen LogP contribution in [-0.2, 0) is 13.5 Å². The Kier molecular flexibility index (Phi) is 4.28. The summed E-state index contributed by atoms with van der Waals surface area (Å²) in [5, 5.41) is 18.1. The molecule has 10 nitrogen and oxygen atoms in total. The third-order valence-corrected chi connectivity index (χ3v) is 2.97. The topological polar surface area (TPSA) is 137 Å². The van der Waals surface area contributed by atoms with Gasteiger partial charge in [0.15, 0.2) is 0 Å². The Morgan fingerprint density at radius 2 is 2.24 bits per heavy atom. The van der Waals surface area contributed by atoms with Gasteiger partial charge in [-0.15, -0.1) is 0 Å². The number of nitrogens with one attached hydrogen (secondary N) is 2. The van der Waals surface area contributed by atoms with Crippen LogP contribution in [0.15, 0.2) is 12.3 Å². The van der Waals surface area contributed by atoms with Gasteiger partial charge in [0, 0.05) is 31.9 Å². The van der Waals surface area contributed by atoms with Gasteiger partial charge in [-0.3, -0.25) is 20.2 Å².